The third-order valence-corrected chi connectivity index (χ3v) is 4.63. The first-order valence-corrected chi connectivity index (χ1v) is 8.41. The molecule has 1 aliphatic heterocycles. The van der Waals surface area contributed by atoms with Gasteiger partial charge < -0.3 is 10.6 Å². The number of fused-ring (bicyclic) bond motifs is 1. The Labute approximate surface area is 130 Å². The van der Waals surface area contributed by atoms with Gasteiger partial charge in [-0.15, -0.1) is 11.8 Å². The lowest BCUT2D eigenvalue weighted by molar-refractivity contribution is -0.121. The van der Waals surface area contributed by atoms with Gasteiger partial charge in [-0.1, -0.05) is 18.2 Å². The van der Waals surface area contributed by atoms with Gasteiger partial charge in [0.25, 0.3) is 0 Å². The highest BCUT2D eigenvalue weighted by molar-refractivity contribution is 8.00. The van der Waals surface area contributed by atoms with E-state index in [0.717, 1.165) is 18.5 Å². The molecule has 1 aliphatic rings. The van der Waals surface area contributed by atoms with Crippen molar-refractivity contribution in [2.45, 2.75) is 44.4 Å². The standard InChI is InChI=1S/C16H22N2O2S/c1-11(2)17-15(19)9-10-21-14-8-7-12-5-3-4-6-13(12)18-16(14)20/h3-6,11,14H,7-10H2,1-2H3,(H,17,19)(H,18,20)/t14-/m0/s1. The van der Waals surface area contributed by atoms with Crippen LogP contribution in [0.5, 0.6) is 0 Å². The molecule has 2 rings (SSSR count). The normalized spacial score (nSPS) is 17.9. The van der Waals surface area contributed by atoms with E-state index < -0.39 is 0 Å². The smallest absolute Gasteiger partial charge is 0.237 e. The molecule has 4 nitrogen and oxygen atoms in total. The van der Waals surface area contributed by atoms with E-state index in [1.807, 2.05) is 32.0 Å². The highest BCUT2D eigenvalue weighted by Crippen LogP contribution is 2.27. The summed E-state index contributed by atoms with van der Waals surface area (Å²) >= 11 is 1.57. The molecule has 1 aromatic carbocycles. The summed E-state index contributed by atoms with van der Waals surface area (Å²) in [6.45, 7) is 3.89. The Morgan fingerprint density at radius 2 is 2.19 bits per heavy atom. The second-order valence-corrected chi connectivity index (χ2v) is 6.83. The van der Waals surface area contributed by atoms with Gasteiger partial charge in [0.05, 0.1) is 5.25 Å². The fourth-order valence-corrected chi connectivity index (χ4v) is 3.42. The van der Waals surface area contributed by atoms with Crippen LogP contribution in [-0.4, -0.2) is 28.9 Å². The number of carbonyl (C=O) groups excluding carboxylic acids is 2. The van der Waals surface area contributed by atoms with Crippen molar-refractivity contribution in [1.82, 2.24) is 5.32 Å². The molecule has 0 saturated carbocycles. The van der Waals surface area contributed by atoms with Crippen molar-refractivity contribution in [2.75, 3.05) is 11.1 Å². The number of benzene rings is 1. The summed E-state index contributed by atoms with van der Waals surface area (Å²) in [6, 6.07) is 8.09. The van der Waals surface area contributed by atoms with Gasteiger partial charge in [-0.05, 0) is 38.3 Å². The summed E-state index contributed by atoms with van der Waals surface area (Å²) in [5.74, 6) is 0.775. The summed E-state index contributed by atoms with van der Waals surface area (Å²) in [4.78, 5) is 23.8. The topological polar surface area (TPSA) is 58.2 Å². The highest BCUT2D eigenvalue weighted by atomic mass is 32.2. The van der Waals surface area contributed by atoms with Crippen LogP contribution in [0.3, 0.4) is 0 Å². The molecule has 0 aromatic heterocycles. The van der Waals surface area contributed by atoms with Crippen molar-refractivity contribution >= 4 is 29.3 Å². The molecular weight excluding hydrogens is 284 g/mol. The third-order valence-electron chi connectivity index (χ3n) is 3.34. The lowest BCUT2D eigenvalue weighted by atomic mass is 10.1. The van der Waals surface area contributed by atoms with Crippen molar-refractivity contribution in [1.29, 1.82) is 0 Å². The Hall–Kier alpha value is -1.49. The van der Waals surface area contributed by atoms with Gasteiger partial charge in [0.15, 0.2) is 0 Å². The van der Waals surface area contributed by atoms with Gasteiger partial charge in [0.1, 0.15) is 0 Å². The molecule has 0 unspecified atom stereocenters. The van der Waals surface area contributed by atoms with Gasteiger partial charge in [0.2, 0.25) is 11.8 Å². The lowest BCUT2D eigenvalue weighted by Gasteiger charge is -2.13. The number of thioether (sulfide) groups is 1. The average Bonchev–Trinajstić information content (AvgIpc) is 2.57. The quantitative estimate of drug-likeness (QED) is 0.879. The molecule has 0 fully saturated rings. The lowest BCUT2D eigenvalue weighted by Crippen LogP contribution is -2.30. The van der Waals surface area contributed by atoms with Crippen LogP contribution in [0.1, 0.15) is 32.3 Å². The molecule has 1 atom stereocenters. The van der Waals surface area contributed by atoms with E-state index in [9.17, 15) is 9.59 Å². The molecule has 114 valence electrons. The van der Waals surface area contributed by atoms with Crippen molar-refractivity contribution < 1.29 is 9.59 Å². The number of para-hydroxylation sites is 1. The number of rotatable bonds is 5. The first-order chi connectivity index (χ1) is 10.1. The Morgan fingerprint density at radius 1 is 1.43 bits per heavy atom. The zero-order valence-corrected chi connectivity index (χ0v) is 13.3. The summed E-state index contributed by atoms with van der Waals surface area (Å²) in [7, 11) is 0. The molecule has 2 N–H and O–H groups in total. The fourth-order valence-electron chi connectivity index (χ4n) is 2.34. The molecule has 5 heteroatoms. The monoisotopic (exact) mass is 306 g/mol. The number of amides is 2. The summed E-state index contributed by atoms with van der Waals surface area (Å²) < 4.78 is 0. The van der Waals surface area contributed by atoms with Crippen LogP contribution in [0.15, 0.2) is 24.3 Å². The maximum absolute atomic E-state index is 12.2. The van der Waals surface area contributed by atoms with Crippen LogP contribution < -0.4 is 10.6 Å². The van der Waals surface area contributed by atoms with Crippen molar-refractivity contribution in [2.24, 2.45) is 0 Å². The van der Waals surface area contributed by atoms with Crippen molar-refractivity contribution in [3.05, 3.63) is 29.8 Å². The minimum Gasteiger partial charge on any atom is -0.354 e. The van der Waals surface area contributed by atoms with Gasteiger partial charge in [-0.25, -0.2) is 0 Å². The van der Waals surface area contributed by atoms with Crippen LogP contribution in [0.2, 0.25) is 0 Å². The van der Waals surface area contributed by atoms with E-state index >= 15 is 0 Å². The van der Waals surface area contributed by atoms with E-state index in [1.54, 1.807) is 11.8 Å². The molecule has 2 amide bonds. The third kappa shape index (κ3) is 4.77. The minimum atomic E-state index is -0.0794. The van der Waals surface area contributed by atoms with Crippen molar-refractivity contribution in [3.8, 4) is 0 Å². The fraction of sp³-hybridized carbons (Fsp3) is 0.500. The molecule has 0 saturated heterocycles. The molecule has 1 aromatic rings. The predicted molar refractivity (Wildman–Crippen MR) is 87.5 cm³/mol. The zero-order valence-electron chi connectivity index (χ0n) is 12.5. The van der Waals surface area contributed by atoms with Gasteiger partial charge in [-0.3, -0.25) is 9.59 Å². The Bertz CT molecular complexity index is 517. The van der Waals surface area contributed by atoms with E-state index in [1.165, 1.54) is 5.56 Å². The molecule has 0 aliphatic carbocycles. The highest BCUT2D eigenvalue weighted by Gasteiger charge is 2.23. The van der Waals surface area contributed by atoms with Crippen LogP contribution in [0.25, 0.3) is 0 Å². The minimum absolute atomic E-state index is 0.0502. The van der Waals surface area contributed by atoms with Crippen LogP contribution in [-0.2, 0) is 16.0 Å². The Morgan fingerprint density at radius 3 is 2.95 bits per heavy atom. The van der Waals surface area contributed by atoms with Gasteiger partial charge in [0, 0.05) is 23.9 Å². The summed E-state index contributed by atoms with van der Waals surface area (Å²) in [5.41, 5.74) is 2.11. The van der Waals surface area contributed by atoms with E-state index in [-0.39, 0.29) is 23.1 Å². The average molecular weight is 306 g/mol. The maximum atomic E-state index is 12.2. The molecule has 21 heavy (non-hydrogen) atoms. The first-order valence-electron chi connectivity index (χ1n) is 7.36. The first kappa shape index (κ1) is 15.9. The van der Waals surface area contributed by atoms with E-state index in [4.69, 9.17) is 0 Å². The molecular formula is C16H22N2O2S. The summed E-state index contributed by atoms with van der Waals surface area (Å²) in [6.07, 6.45) is 2.17. The van der Waals surface area contributed by atoms with Crippen LogP contribution in [0, 0.1) is 0 Å². The second kappa shape index (κ2) is 7.50. The number of nitrogens with one attached hydrogen (secondary N) is 2. The molecule has 1 heterocycles. The molecule has 0 radical (unpaired) electrons. The molecule has 0 bridgehead atoms. The summed E-state index contributed by atoms with van der Waals surface area (Å²) in [5, 5.41) is 5.77. The van der Waals surface area contributed by atoms with Gasteiger partial charge in [-0.2, -0.15) is 0 Å². The Kier molecular flexibility index (Phi) is 5.67. The van der Waals surface area contributed by atoms with Crippen LogP contribution >= 0.6 is 11.8 Å². The predicted octanol–water partition coefficient (Wildman–Crippen LogP) is 2.59. The Balaban J connectivity index is 1.83. The van der Waals surface area contributed by atoms with E-state index in [0.29, 0.717) is 12.2 Å². The zero-order chi connectivity index (χ0) is 15.2. The number of anilines is 1. The number of hydrogen-bond donors (Lipinski definition) is 2. The SMILES string of the molecule is CC(C)NC(=O)CCS[C@H]1CCc2ccccc2NC1=O. The largest absolute Gasteiger partial charge is 0.354 e. The van der Waals surface area contributed by atoms with Crippen LogP contribution in [0.4, 0.5) is 5.69 Å². The van der Waals surface area contributed by atoms with E-state index in [2.05, 4.69) is 16.7 Å². The second-order valence-electron chi connectivity index (χ2n) is 5.52. The number of aryl methyl sites for hydroxylation is 1. The van der Waals surface area contributed by atoms with Crippen molar-refractivity contribution in [3.63, 3.8) is 0 Å². The molecule has 0 spiro atoms. The maximum Gasteiger partial charge on any atom is 0.237 e. The number of hydrogen-bond acceptors (Lipinski definition) is 3. The number of carbonyl (C=O) groups is 2. The van der Waals surface area contributed by atoms with Gasteiger partial charge >= 0.3 is 0 Å².